The molecule has 0 radical (unpaired) electrons. The lowest BCUT2D eigenvalue weighted by Gasteiger charge is -2.34. The fourth-order valence-electron chi connectivity index (χ4n) is 2.83. The number of ether oxygens (including phenoxy) is 2. The van der Waals surface area contributed by atoms with Gasteiger partial charge in [0, 0.05) is 58.8 Å². The SMILES string of the molecule is CC(C)CNC(=O)CCOCCN1CCN(CCOCC(=O)NCC(C)C)CC1. The number of amides is 2. The number of carbonyl (C=O) groups is 2. The molecular formula is C21H42N4O4. The normalized spacial score (nSPS) is 15.8. The Hall–Kier alpha value is -1.22. The Morgan fingerprint density at radius 2 is 1.24 bits per heavy atom. The van der Waals surface area contributed by atoms with E-state index in [4.69, 9.17) is 9.47 Å². The maximum absolute atomic E-state index is 11.6. The summed E-state index contributed by atoms with van der Waals surface area (Å²) in [6, 6.07) is 0. The second-order valence-corrected chi connectivity index (χ2v) is 8.49. The molecule has 170 valence electrons. The smallest absolute Gasteiger partial charge is 0.246 e. The summed E-state index contributed by atoms with van der Waals surface area (Å²) in [5.74, 6) is 0.946. The molecule has 1 aliphatic rings. The summed E-state index contributed by atoms with van der Waals surface area (Å²) >= 11 is 0. The number of carbonyl (C=O) groups excluding carboxylic acids is 2. The van der Waals surface area contributed by atoms with Gasteiger partial charge in [0.25, 0.3) is 0 Å². The molecule has 8 nitrogen and oxygen atoms in total. The monoisotopic (exact) mass is 414 g/mol. The van der Waals surface area contributed by atoms with Crippen LogP contribution in [0.15, 0.2) is 0 Å². The number of rotatable bonds is 15. The van der Waals surface area contributed by atoms with E-state index in [0.717, 1.165) is 45.8 Å². The maximum Gasteiger partial charge on any atom is 0.246 e. The minimum Gasteiger partial charge on any atom is -0.380 e. The first-order valence-corrected chi connectivity index (χ1v) is 11.0. The standard InChI is InChI=1S/C21H42N4O4/c1-18(2)15-22-20(26)5-12-28-13-10-24-6-8-25(9-7-24)11-14-29-17-21(27)23-16-19(3)4/h18-19H,5-17H2,1-4H3,(H,22,26)(H,23,27). The van der Waals surface area contributed by atoms with Crippen LogP contribution < -0.4 is 10.6 Å². The molecule has 0 aromatic rings. The lowest BCUT2D eigenvalue weighted by Crippen LogP contribution is -2.48. The number of hydrogen-bond donors (Lipinski definition) is 2. The largest absolute Gasteiger partial charge is 0.380 e. The van der Waals surface area contributed by atoms with Crippen molar-refractivity contribution in [1.29, 1.82) is 0 Å². The van der Waals surface area contributed by atoms with Gasteiger partial charge >= 0.3 is 0 Å². The third-order valence-electron chi connectivity index (χ3n) is 4.69. The Kier molecular flexibility index (Phi) is 13.9. The van der Waals surface area contributed by atoms with E-state index in [1.165, 1.54) is 0 Å². The summed E-state index contributed by atoms with van der Waals surface area (Å²) in [7, 11) is 0. The van der Waals surface area contributed by atoms with Crippen molar-refractivity contribution in [3.63, 3.8) is 0 Å². The lowest BCUT2D eigenvalue weighted by atomic mass is 10.2. The molecule has 2 N–H and O–H groups in total. The summed E-state index contributed by atoms with van der Waals surface area (Å²) in [6.07, 6.45) is 0.427. The van der Waals surface area contributed by atoms with Crippen LogP contribution in [0.2, 0.25) is 0 Å². The van der Waals surface area contributed by atoms with Crippen molar-refractivity contribution in [3.05, 3.63) is 0 Å². The van der Waals surface area contributed by atoms with E-state index in [2.05, 4.69) is 48.1 Å². The van der Waals surface area contributed by atoms with Gasteiger partial charge in [-0.1, -0.05) is 27.7 Å². The first-order chi connectivity index (χ1) is 13.9. The Morgan fingerprint density at radius 1 is 0.759 bits per heavy atom. The zero-order valence-corrected chi connectivity index (χ0v) is 18.9. The van der Waals surface area contributed by atoms with E-state index in [0.29, 0.717) is 44.6 Å². The molecule has 1 fully saturated rings. The quantitative estimate of drug-likeness (QED) is 0.381. The molecule has 0 unspecified atom stereocenters. The van der Waals surface area contributed by atoms with Crippen molar-refractivity contribution in [1.82, 2.24) is 20.4 Å². The van der Waals surface area contributed by atoms with E-state index in [1.807, 2.05) is 0 Å². The van der Waals surface area contributed by atoms with Crippen LogP contribution in [0.5, 0.6) is 0 Å². The van der Waals surface area contributed by atoms with Crippen molar-refractivity contribution in [2.45, 2.75) is 34.1 Å². The van der Waals surface area contributed by atoms with Gasteiger partial charge in [-0.2, -0.15) is 0 Å². The average molecular weight is 415 g/mol. The number of piperazine rings is 1. The van der Waals surface area contributed by atoms with E-state index >= 15 is 0 Å². The van der Waals surface area contributed by atoms with Crippen LogP contribution in [-0.2, 0) is 19.1 Å². The Labute approximate surface area is 176 Å². The van der Waals surface area contributed by atoms with Gasteiger partial charge in [-0.05, 0) is 11.8 Å². The molecular weight excluding hydrogens is 372 g/mol. The number of nitrogens with zero attached hydrogens (tertiary/aromatic N) is 2. The van der Waals surface area contributed by atoms with Crippen LogP contribution >= 0.6 is 0 Å². The van der Waals surface area contributed by atoms with E-state index in [9.17, 15) is 9.59 Å². The van der Waals surface area contributed by atoms with Crippen molar-refractivity contribution < 1.29 is 19.1 Å². The molecule has 1 rings (SSSR count). The van der Waals surface area contributed by atoms with Gasteiger partial charge in [-0.15, -0.1) is 0 Å². The molecule has 29 heavy (non-hydrogen) atoms. The average Bonchev–Trinajstić information content (AvgIpc) is 2.68. The Bertz CT molecular complexity index is 452. The molecule has 0 atom stereocenters. The van der Waals surface area contributed by atoms with E-state index in [1.54, 1.807) is 0 Å². The Balaban J connectivity index is 1.95. The van der Waals surface area contributed by atoms with Crippen molar-refractivity contribution in [3.8, 4) is 0 Å². The summed E-state index contributed by atoms with van der Waals surface area (Å²) in [5, 5.41) is 5.75. The molecule has 0 spiro atoms. The summed E-state index contributed by atoms with van der Waals surface area (Å²) in [4.78, 5) is 28.0. The molecule has 0 aromatic heterocycles. The zero-order chi connectivity index (χ0) is 21.5. The highest BCUT2D eigenvalue weighted by molar-refractivity contribution is 5.77. The van der Waals surface area contributed by atoms with Gasteiger partial charge in [0.05, 0.1) is 19.8 Å². The second kappa shape index (κ2) is 15.6. The summed E-state index contributed by atoms with van der Waals surface area (Å²) < 4.78 is 11.1. The molecule has 2 amide bonds. The number of hydrogen-bond acceptors (Lipinski definition) is 6. The molecule has 0 saturated carbocycles. The highest BCUT2D eigenvalue weighted by Gasteiger charge is 2.16. The van der Waals surface area contributed by atoms with Gasteiger partial charge < -0.3 is 20.1 Å². The van der Waals surface area contributed by atoms with Gasteiger partial charge in [0.15, 0.2) is 0 Å². The Morgan fingerprint density at radius 3 is 1.76 bits per heavy atom. The van der Waals surface area contributed by atoms with Gasteiger partial charge in [0.2, 0.25) is 11.8 Å². The van der Waals surface area contributed by atoms with Crippen LogP contribution in [0.25, 0.3) is 0 Å². The van der Waals surface area contributed by atoms with E-state index in [-0.39, 0.29) is 18.4 Å². The van der Waals surface area contributed by atoms with Crippen LogP contribution in [0.1, 0.15) is 34.1 Å². The van der Waals surface area contributed by atoms with Crippen LogP contribution in [0.4, 0.5) is 0 Å². The molecule has 1 heterocycles. The molecule has 0 aromatic carbocycles. The first kappa shape index (κ1) is 25.8. The highest BCUT2D eigenvalue weighted by Crippen LogP contribution is 2.01. The summed E-state index contributed by atoms with van der Waals surface area (Å²) in [6.45, 7) is 17.3. The molecule has 8 heteroatoms. The third kappa shape index (κ3) is 14.4. The predicted octanol–water partition coefficient (Wildman–Crippen LogP) is 0.572. The fourth-order valence-corrected chi connectivity index (χ4v) is 2.83. The molecule has 0 bridgehead atoms. The third-order valence-corrected chi connectivity index (χ3v) is 4.69. The van der Waals surface area contributed by atoms with Gasteiger partial charge in [0.1, 0.15) is 6.61 Å². The summed E-state index contributed by atoms with van der Waals surface area (Å²) in [5.41, 5.74) is 0. The van der Waals surface area contributed by atoms with Crippen molar-refractivity contribution >= 4 is 11.8 Å². The number of nitrogens with one attached hydrogen (secondary N) is 2. The topological polar surface area (TPSA) is 83.1 Å². The minimum absolute atomic E-state index is 0.0408. The first-order valence-electron chi connectivity index (χ1n) is 11.0. The maximum atomic E-state index is 11.6. The van der Waals surface area contributed by atoms with Crippen LogP contribution in [0, 0.1) is 11.8 Å². The van der Waals surface area contributed by atoms with Crippen LogP contribution in [0.3, 0.4) is 0 Å². The molecule has 1 saturated heterocycles. The second-order valence-electron chi connectivity index (χ2n) is 8.49. The molecule has 1 aliphatic heterocycles. The fraction of sp³-hybridized carbons (Fsp3) is 0.905. The van der Waals surface area contributed by atoms with Gasteiger partial charge in [-0.25, -0.2) is 0 Å². The van der Waals surface area contributed by atoms with Crippen LogP contribution in [-0.4, -0.2) is 100 Å². The minimum atomic E-state index is -0.0408. The molecule has 0 aliphatic carbocycles. The van der Waals surface area contributed by atoms with Crippen molar-refractivity contribution in [2.75, 3.05) is 78.8 Å². The van der Waals surface area contributed by atoms with Gasteiger partial charge in [-0.3, -0.25) is 19.4 Å². The van der Waals surface area contributed by atoms with E-state index < -0.39 is 0 Å². The lowest BCUT2D eigenvalue weighted by molar-refractivity contribution is -0.126. The highest BCUT2D eigenvalue weighted by atomic mass is 16.5. The van der Waals surface area contributed by atoms with Crippen molar-refractivity contribution in [2.24, 2.45) is 11.8 Å². The zero-order valence-electron chi connectivity index (χ0n) is 18.9. The predicted molar refractivity (Wildman–Crippen MR) is 115 cm³/mol.